The van der Waals surface area contributed by atoms with E-state index in [-0.39, 0.29) is 16.9 Å². The van der Waals surface area contributed by atoms with Gasteiger partial charge in [0.2, 0.25) is 0 Å². The second-order valence-corrected chi connectivity index (χ2v) is 6.09. The molecule has 0 spiro atoms. The Hall–Kier alpha value is -3.42. The molecular weight excluding hydrogens is 350 g/mol. The number of anilines is 2. The smallest absolute Gasteiger partial charge is 0.339 e. The molecule has 0 aliphatic carbocycles. The lowest BCUT2D eigenvalue weighted by Crippen LogP contribution is -2.30. The number of hydrogen-bond donors (Lipinski definition) is 2. The first-order valence-corrected chi connectivity index (χ1v) is 8.28. The van der Waals surface area contributed by atoms with Crippen molar-refractivity contribution in [1.29, 1.82) is 0 Å². The van der Waals surface area contributed by atoms with Crippen LogP contribution in [0.3, 0.4) is 0 Å². The highest BCUT2D eigenvalue weighted by molar-refractivity contribution is 5.98. The number of rotatable bonds is 6. The van der Waals surface area contributed by atoms with Crippen LogP contribution in [0, 0.1) is 24.0 Å². The van der Waals surface area contributed by atoms with Crippen LogP contribution < -0.4 is 10.6 Å². The average molecular weight is 371 g/mol. The monoisotopic (exact) mass is 371 g/mol. The maximum Gasteiger partial charge on any atom is 0.339 e. The fraction of sp³-hybridized carbons (Fsp3) is 0.263. The Labute approximate surface area is 156 Å². The van der Waals surface area contributed by atoms with Crippen molar-refractivity contribution in [2.24, 2.45) is 0 Å². The van der Waals surface area contributed by atoms with Crippen LogP contribution in [0.5, 0.6) is 0 Å². The van der Waals surface area contributed by atoms with Crippen molar-refractivity contribution in [2.75, 3.05) is 17.7 Å². The molecule has 0 aliphatic heterocycles. The maximum absolute atomic E-state index is 12.3. The number of benzene rings is 2. The summed E-state index contributed by atoms with van der Waals surface area (Å²) in [7, 11) is 1.54. The van der Waals surface area contributed by atoms with Crippen molar-refractivity contribution in [3.05, 3.63) is 63.2 Å². The van der Waals surface area contributed by atoms with Gasteiger partial charge in [0.1, 0.15) is 5.69 Å². The average Bonchev–Trinajstić information content (AvgIpc) is 2.63. The topological polar surface area (TPSA) is 111 Å². The lowest BCUT2D eigenvalue weighted by molar-refractivity contribution is -0.384. The number of carbonyl (C=O) groups is 2. The van der Waals surface area contributed by atoms with Crippen LogP contribution in [0.15, 0.2) is 36.4 Å². The molecule has 0 bridgehead atoms. The number of nitro groups is 1. The first kappa shape index (κ1) is 19.9. The molecular formula is C19H21N3O5. The molecule has 2 aromatic rings. The van der Waals surface area contributed by atoms with Gasteiger partial charge in [-0.05, 0) is 50.1 Å². The molecule has 0 saturated carbocycles. The Bertz CT molecular complexity index is 895. The van der Waals surface area contributed by atoms with Gasteiger partial charge in [-0.15, -0.1) is 0 Å². The molecule has 27 heavy (non-hydrogen) atoms. The van der Waals surface area contributed by atoms with Gasteiger partial charge >= 0.3 is 5.97 Å². The molecule has 0 heterocycles. The summed E-state index contributed by atoms with van der Waals surface area (Å²) in [4.78, 5) is 35.1. The highest BCUT2D eigenvalue weighted by Crippen LogP contribution is 2.25. The zero-order valence-electron chi connectivity index (χ0n) is 15.5. The van der Waals surface area contributed by atoms with Crippen molar-refractivity contribution >= 4 is 28.9 Å². The minimum atomic E-state index is -1.07. The van der Waals surface area contributed by atoms with Crippen LogP contribution in [-0.2, 0) is 9.53 Å². The number of nitro benzene ring substituents is 1. The van der Waals surface area contributed by atoms with Crippen molar-refractivity contribution < 1.29 is 19.2 Å². The molecule has 0 aliphatic rings. The Morgan fingerprint density at radius 3 is 2.44 bits per heavy atom. The fourth-order valence-electron chi connectivity index (χ4n) is 2.41. The second kappa shape index (κ2) is 8.31. The van der Waals surface area contributed by atoms with Crippen LogP contribution in [-0.4, -0.2) is 30.0 Å². The predicted octanol–water partition coefficient (Wildman–Crippen LogP) is 3.44. The first-order chi connectivity index (χ1) is 12.7. The number of ether oxygens (including phenoxy) is 1. The summed E-state index contributed by atoms with van der Waals surface area (Å²) in [6.45, 7) is 5.20. The van der Waals surface area contributed by atoms with E-state index in [9.17, 15) is 19.7 Å². The summed E-state index contributed by atoms with van der Waals surface area (Å²) >= 11 is 0. The lowest BCUT2D eigenvalue weighted by Gasteiger charge is -2.15. The third kappa shape index (κ3) is 4.81. The molecule has 2 aromatic carbocycles. The van der Waals surface area contributed by atoms with Crippen molar-refractivity contribution in [2.45, 2.75) is 26.9 Å². The molecule has 0 unspecified atom stereocenters. The predicted molar refractivity (Wildman–Crippen MR) is 102 cm³/mol. The van der Waals surface area contributed by atoms with E-state index < -0.39 is 22.9 Å². The summed E-state index contributed by atoms with van der Waals surface area (Å²) in [5.74, 6) is -1.30. The molecule has 1 amide bonds. The van der Waals surface area contributed by atoms with E-state index in [0.29, 0.717) is 5.69 Å². The largest absolute Gasteiger partial charge is 0.449 e. The highest BCUT2D eigenvalue weighted by Gasteiger charge is 2.22. The van der Waals surface area contributed by atoms with Gasteiger partial charge in [0, 0.05) is 18.8 Å². The number of nitrogens with zero attached hydrogens (tertiary/aromatic N) is 1. The van der Waals surface area contributed by atoms with E-state index in [0.717, 1.165) is 17.2 Å². The lowest BCUT2D eigenvalue weighted by atomic mass is 10.1. The molecule has 8 heteroatoms. The number of esters is 1. The van der Waals surface area contributed by atoms with Gasteiger partial charge in [-0.1, -0.05) is 12.1 Å². The van der Waals surface area contributed by atoms with Gasteiger partial charge in [0.25, 0.3) is 11.6 Å². The standard InChI is InChI=1S/C19H21N3O5/c1-11-5-6-12(2)16(9-11)21-18(23)13(3)27-19(24)14-7-8-15(20-4)17(10-14)22(25)26/h5-10,13,20H,1-4H3,(H,21,23)/t13-/m1/s1. The number of nitrogens with one attached hydrogen (secondary N) is 2. The number of amides is 1. The molecule has 8 nitrogen and oxygen atoms in total. The Morgan fingerprint density at radius 2 is 1.81 bits per heavy atom. The van der Waals surface area contributed by atoms with Gasteiger partial charge in [-0.25, -0.2) is 4.79 Å². The van der Waals surface area contributed by atoms with Crippen LogP contribution in [0.25, 0.3) is 0 Å². The summed E-state index contributed by atoms with van der Waals surface area (Å²) < 4.78 is 5.15. The molecule has 0 saturated heterocycles. The van der Waals surface area contributed by atoms with Crippen LogP contribution in [0.2, 0.25) is 0 Å². The van der Waals surface area contributed by atoms with Gasteiger partial charge in [0.05, 0.1) is 10.5 Å². The maximum atomic E-state index is 12.3. The molecule has 0 radical (unpaired) electrons. The number of hydrogen-bond acceptors (Lipinski definition) is 6. The van der Waals surface area contributed by atoms with E-state index in [4.69, 9.17) is 4.74 Å². The zero-order chi connectivity index (χ0) is 20.1. The van der Waals surface area contributed by atoms with Crippen molar-refractivity contribution in [3.8, 4) is 0 Å². The minimum Gasteiger partial charge on any atom is -0.449 e. The highest BCUT2D eigenvalue weighted by atomic mass is 16.6. The van der Waals surface area contributed by atoms with Crippen LogP contribution in [0.4, 0.5) is 17.1 Å². The molecule has 0 aromatic heterocycles. The third-order valence-electron chi connectivity index (χ3n) is 4.00. The number of carbonyl (C=O) groups excluding carboxylic acids is 2. The van der Waals surface area contributed by atoms with Crippen molar-refractivity contribution in [1.82, 2.24) is 0 Å². The van der Waals surface area contributed by atoms with Gasteiger partial charge < -0.3 is 15.4 Å². The Kier molecular flexibility index (Phi) is 6.12. The molecule has 142 valence electrons. The molecule has 1 atom stereocenters. The van der Waals surface area contributed by atoms with E-state index >= 15 is 0 Å². The van der Waals surface area contributed by atoms with Gasteiger partial charge in [-0.3, -0.25) is 14.9 Å². The van der Waals surface area contributed by atoms with E-state index in [1.54, 1.807) is 7.05 Å². The van der Waals surface area contributed by atoms with Crippen molar-refractivity contribution in [3.63, 3.8) is 0 Å². The zero-order valence-corrected chi connectivity index (χ0v) is 15.5. The van der Waals surface area contributed by atoms with Crippen LogP contribution in [0.1, 0.15) is 28.4 Å². The minimum absolute atomic E-state index is 0.00733. The number of aryl methyl sites for hydroxylation is 2. The quantitative estimate of drug-likeness (QED) is 0.457. The normalized spacial score (nSPS) is 11.4. The SMILES string of the molecule is CNc1ccc(C(=O)O[C@H](C)C(=O)Nc2cc(C)ccc2C)cc1[N+](=O)[O-]. The second-order valence-electron chi connectivity index (χ2n) is 6.09. The summed E-state index contributed by atoms with van der Waals surface area (Å²) in [6, 6.07) is 9.55. The van der Waals surface area contributed by atoms with Gasteiger partial charge in [0.15, 0.2) is 6.10 Å². The summed E-state index contributed by atoms with van der Waals surface area (Å²) in [6.07, 6.45) is -1.07. The Balaban J connectivity index is 2.10. The van der Waals surface area contributed by atoms with Gasteiger partial charge in [-0.2, -0.15) is 0 Å². The van der Waals surface area contributed by atoms with E-state index in [1.807, 2.05) is 32.0 Å². The van der Waals surface area contributed by atoms with E-state index in [2.05, 4.69) is 10.6 Å². The van der Waals surface area contributed by atoms with E-state index in [1.165, 1.54) is 19.1 Å². The molecule has 2 rings (SSSR count). The third-order valence-corrected chi connectivity index (χ3v) is 4.00. The Morgan fingerprint density at radius 1 is 1.11 bits per heavy atom. The molecule has 2 N–H and O–H groups in total. The van der Waals surface area contributed by atoms with Crippen LogP contribution >= 0.6 is 0 Å². The molecule has 0 fully saturated rings. The first-order valence-electron chi connectivity index (χ1n) is 8.28. The fourth-order valence-corrected chi connectivity index (χ4v) is 2.41. The summed E-state index contributed by atoms with van der Waals surface area (Å²) in [5.41, 5.74) is 2.52. The summed E-state index contributed by atoms with van der Waals surface area (Å²) in [5, 5.41) is 16.5.